The molecule has 5 aromatic rings. The van der Waals surface area contributed by atoms with Gasteiger partial charge in [0.05, 0.1) is 16.0 Å². The standard InChI is InChI=1S/C33H30N4O4/c1-35(23-21-31(41-32(38)36-24-22-34-25-36)29-19-11-12-20-30(29)37(39)40)33(26-13-5-2-6-14-26,27-15-7-3-8-16-27)28-17-9-4-10-18-28/h2-20,22,24-25,31H,21,23H2,1H3/t31-/m1/s1. The number of para-hydroxylation sites is 1. The molecule has 8 nitrogen and oxygen atoms in total. The van der Waals surface area contributed by atoms with Crippen molar-refractivity contribution in [3.8, 4) is 0 Å². The first kappa shape index (κ1) is 27.5. The van der Waals surface area contributed by atoms with Crippen LogP contribution in [0.5, 0.6) is 0 Å². The van der Waals surface area contributed by atoms with E-state index in [1.807, 2.05) is 61.6 Å². The van der Waals surface area contributed by atoms with Crippen molar-refractivity contribution in [3.05, 3.63) is 166 Å². The van der Waals surface area contributed by atoms with E-state index in [1.54, 1.807) is 18.2 Å². The fourth-order valence-corrected chi connectivity index (χ4v) is 5.43. The smallest absolute Gasteiger partial charge is 0.419 e. The number of hydrogen-bond acceptors (Lipinski definition) is 6. The molecule has 0 saturated heterocycles. The lowest BCUT2D eigenvalue weighted by Gasteiger charge is -2.44. The Morgan fingerprint density at radius 3 is 1.88 bits per heavy atom. The third-order valence-corrected chi connectivity index (χ3v) is 7.31. The maximum absolute atomic E-state index is 13.0. The number of ether oxygens (including phenoxy) is 1. The van der Waals surface area contributed by atoms with Gasteiger partial charge in [-0.3, -0.25) is 15.0 Å². The third-order valence-electron chi connectivity index (χ3n) is 7.31. The molecule has 5 rings (SSSR count). The number of nitro benzene ring substituents is 1. The van der Waals surface area contributed by atoms with Gasteiger partial charge in [0.1, 0.15) is 12.4 Å². The highest BCUT2D eigenvalue weighted by Crippen LogP contribution is 2.42. The van der Waals surface area contributed by atoms with E-state index in [0.29, 0.717) is 18.5 Å². The molecule has 41 heavy (non-hydrogen) atoms. The molecule has 0 N–H and O–H groups in total. The summed E-state index contributed by atoms with van der Waals surface area (Å²) in [4.78, 5) is 30.6. The molecule has 0 radical (unpaired) electrons. The van der Waals surface area contributed by atoms with Crippen LogP contribution in [0.15, 0.2) is 134 Å². The van der Waals surface area contributed by atoms with Crippen LogP contribution in [0, 0.1) is 10.1 Å². The van der Waals surface area contributed by atoms with Gasteiger partial charge in [-0.15, -0.1) is 0 Å². The van der Waals surface area contributed by atoms with Gasteiger partial charge >= 0.3 is 6.09 Å². The fourth-order valence-electron chi connectivity index (χ4n) is 5.43. The first-order chi connectivity index (χ1) is 20.0. The lowest BCUT2D eigenvalue weighted by atomic mass is 9.75. The van der Waals surface area contributed by atoms with E-state index in [1.165, 1.54) is 29.4 Å². The first-order valence-corrected chi connectivity index (χ1v) is 13.3. The van der Waals surface area contributed by atoms with E-state index in [-0.39, 0.29) is 5.69 Å². The van der Waals surface area contributed by atoms with Gasteiger partial charge < -0.3 is 4.74 Å². The highest BCUT2D eigenvalue weighted by atomic mass is 16.6. The van der Waals surface area contributed by atoms with Gasteiger partial charge in [0.25, 0.3) is 5.69 Å². The third kappa shape index (κ3) is 5.64. The summed E-state index contributed by atoms with van der Waals surface area (Å²) >= 11 is 0. The Morgan fingerprint density at radius 1 is 0.878 bits per heavy atom. The molecule has 1 heterocycles. The van der Waals surface area contributed by atoms with E-state index in [9.17, 15) is 14.9 Å². The first-order valence-electron chi connectivity index (χ1n) is 13.3. The Hall–Kier alpha value is -5.08. The second-order valence-electron chi connectivity index (χ2n) is 9.68. The summed E-state index contributed by atoms with van der Waals surface area (Å²) in [5.74, 6) is 0. The number of aromatic nitrogens is 2. The van der Waals surface area contributed by atoms with Crippen LogP contribution < -0.4 is 0 Å². The van der Waals surface area contributed by atoms with Gasteiger partial charge in [-0.25, -0.2) is 14.3 Å². The van der Waals surface area contributed by atoms with Gasteiger partial charge in [0.2, 0.25) is 0 Å². The lowest BCUT2D eigenvalue weighted by Crippen LogP contribution is -2.46. The predicted octanol–water partition coefficient (Wildman–Crippen LogP) is 6.83. The molecule has 1 atom stereocenters. The molecule has 0 fully saturated rings. The zero-order chi connectivity index (χ0) is 28.7. The van der Waals surface area contributed by atoms with Gasteiger partial charge in [-0.05, 0) is 29.8 Å². The van der Waals surface area contributed by atoms with Crippen LogP contribution >= 0.6 is 0 Å². The summed E-state index contributed by atoms with van der Waals surface area (Å²) in [6.07, 6.45) is 3.06. The molecule has 0 unspecified atom stereocenters. The SMILES string of the molecule is CN(CC[C@@H](OC(=O)n1ccnc1)c1ccccc1[N+](=O)[O-])C(c1ccccc1)(c1ccccc1)c1ccccc1. The molecule has 0 saturated carbocycles. The summed E-state index contributed by atoms with van der Waals surface area (Å²) in [7, 11) is 2.03. The number of rotatable bonds is 10. The van der Waals surface area contributed by atoms with Crippen molar-refractivity contribution in [1.82, 2.24) is 14.5 Å². The Morgan fingerprint density at radius 2 is 1.39 bits per heavy atom. The average molecular weight is 547 g/mol. The molecule has 0 aliphatic carbocycles. The zero-order valence-electron chi connectivity index (χ0n) is 22.6. The van der Waals surface area contributed by atoms with Crippen LogP contribution in [0.4, 0.5) is 10.5 Å². The molecule has 8 heteroatoms. The van der Waals surface area contributed by atoms with Crippen molar-refractivity contribution in [3.63, 3.8) is 0 Å². The average Bonchev–Trinajstić information content (AvgIpc) is 3.57. The number of nitro groups is 1. The van der Waals surface area contributed by atoms with Crippen LogP contribution in [-0.2, 0) is 10.3 Å². The largest absolute Gasteiger partial charge is 0.440 e. The van der Waals surface area contributed by atoms with Crippen LogP contribution in [0.25, 0.3) is 0 Å². The second-order valence-corrected chi connectivity index (χ2v) is 9.68. The Bertz CT molecular complexity index is 1480. The maximum atomic E-state index is 13.0. The summed E-state index contributed by atoms with van der Waals surface area (Å²) in [6, 6.07) is 37.1. The van der Waals surface area contributed by atoms with Gasteiger partial charge in [0, 0.05) is 31.4 Å². The number of carbonyl (C=O) groups is 1. The van der Waals surface area contributed by atoms with Gasteiger partial charge in [-0.2, -0.15) is 0 Å². The summed E-state index contributed by atoms with van der Waals surface area (Å²) in [5, 5.41) is 11.9. The van der Waals surface area contributed by atoms with E-state index < -0.39 is 22.7 Å². The molecule has 206 valence electrons. The molecule has 4 aromatic carbocycles. The van der Waals surface area contributed by atoms with E-state index >= 15 is 0 Å². The summed E-state index contributed by atoms with van der Waals surface area (Å²) in [5.41, 5.74) is 2.75. The minimum atomic E-state index is -0.881. The Labute approximate surface area is 238 Å². The molecular formula is C33H30N4O4. The number of hydrogen-bond donors (Lipinski definition) is 0. The molecule has 1 aromatic heterocycles. The normalized spacial score (nSPS) is 12.1. The molecule has 0 bridgehead atoms. The molecule has 0 aliphatic heterocycles. The minimum absolute atomic E-state index is 0.0981. The maximum Gasteiger partial charge on any atom is 0.419 e. The van der Waals surface area contributed by atoms with Crippen LogP contribution in [0.1, 0.15) is 34.8 Å². The fraction of sp³-hybridized carbons (Fsp3) is 0.152. The van der Waals surface area contributed by atoms with Crippen LogP contribution in [-0.4, -0.2) is 39.1 Å². The topological polar surface area (TPSA) is 90.5 Å². The van der Waals surface area contributed by atoms with Crippen molar-refractivity contribution < 1.29 is 14.5 Å². The second kappa shape index (κ2) is 12.4. The molecule has 0 amide bonds. The number of nitrogens with zero attached hydrogens (tertiary/aromatic N) is 4. The number of carbonyl (C=O) groups excluding carboxylic acids is 1. The zero-order valence-corrected chi connectivity index (χ0v) is 22.6. The van der Waals surface area contributed by atoms with Crippen molar-refractivity contribution in [2.24, 2.45) is 0 Å². The van der Waals surface area contributed by atoms with Crippen LogP contribution in [0.3, 0.4) is 0 Å². The van der Waals surface area contributed by atoms with Gasteiger partial charge in [0.15, 0.2) is 0 Å². The van der Waals surface area contributed by atoms with Gasteiger partial charge in [-0.1, -0.05) is 103 Å². The summed E-state index contributed by atoms with van der Waals surface area (Å²) < 4.78 is 7.12. The van der Waals surface area contributed by atoms with Crippen molar-refractivity contribution in [2.75, 3.05) is 13.6 Å². The number of benzene rings is 4. The number of imidazole rings is 1. The van der Waals surface area contributed by atoms with Crippen LogP contribution in [0.2, 0.25) is 0 Å². The summed E-state index contributed by atoms with van der Waals surface area (Å²) in [6.45, 7) is 0.437. The Kier molecular flexibility index (Phi) is 8.31. The molecular weight excluding hydrogens is 516 g/mol. The molecule has 0 aliphatic rings. The van der Waals surface area contributed by atoms with Crippen molar-refractivity contribution in [2.45, 2.75) is 18.1 Å². The highest BCUT2D eigenvalue weighted by molar-refractivity contribution is 5.70. The quantitative estimate of drug-likeness (QED) is 0.108. The monoisotopic (exact) mass is 546 g/mol. The predicted molar refractivity (Wildman–Crippen MR) is 156 cm³/mol. The minimum Gasteiger partial charge on any atom is -0.440 e. The van der Waals surface area contributed by atoms with E-state index in [4.69, 9.17) is 4.74 Å². The van der Waals surface area contributed by atoms with E-state index in [0.717, 1.165) is 16.7 Å². The van der Waals surface area contributed by atoms with Crippen molar-refractivity contribution in [1.29, 1.82) is 0 Å². The molecule has 0 spiro atoms. The van der Waals surface area contributed by atoms with Crippen molar-refractivity contribution >= 4 is 11.8 Å². The van der Waals surface area contributed by atoms with E-state index in [2.05, 4.69) is 46.3 Å². The lowest BCUT2D eigenvalue weighted by molar-refractivity contribution is -0.386. The Balaban J connectivity index is 1.57. The highest BCUT2D eigenvalue weighted by Gasteiger charge is 2.40.